The maximum atomic E-state index is 12.7. The molecule has 12 nitrogen and oxygen atoms in total. The molecular formula is C23H16ClN3O9S. The summed E-state index contributed by atoms with van der Waals surface area (Å²) in [7, 11) is -4.28. The Hall–Kier alpha value is -4.49. The summed E-state index contributed by atoms with van der Waals surface area (Å²) in [5.41, 5.74) is 0.162. The minimum absolute atomic E-state index is 0.0373. The lowest BCUT2D eigenvalue weighted by Gasteiger charge is -2.18. The molecule has 190 valence electrons. The van der Waals surface area contributed by atoms with E-state index in [4.69, 9.17) is 21.1 Å². The second kappa shape index (κ2) is 10.2. The van der Waals surface area contributed by atoms with Gasteiger partial charge in [0.1, 0.15) is 10.6 Å². The van der Waals surface area contributed by atoms with Crippen LogP contribution in [-0.4, -0.2) is 44.2 Å². The Bertz CT molecular complexity index is 1540. The fraction of sp³-hybridized carbons (Fsp3) is 0.0870. The minimum Gasteiger partial charge on any atom is -0.482 e. The molecule has 1 aliphatic heterocycles. The highest BCUT2D eigenvalue weighted by molar-refractivity contribution is 7.92. The lowest BCUT2D eigenvalue weighted by atomic mass is 10.1. The zero-order valence-electron chi connectivity index (χ0n) is 18.6. The Morgan fingerprint density at radius 1 is 1.08 bits per heavy atom. The molecule has 0 aromatic heterocycles. The predicted molar refractivity (Wildman–Crippen MR) is 131 cm³/mol. The van der Waals surface area contributed by atoms with Crippen molar-refractivity contribution in [2.24, 2.45) is 0 Å². The Kier molecular flexibility index (Phi) is 7.09. The number of rotatable bonds is 8. The number of ketones is 1. The van der Waals surface area contributed by atoms with Gasteiger partial charge in [-0.15, -0.1) is 0 Å². The topological polar surface area (TPSA) is 171 Å². The Morgan fingerprint density at radius 2 is 1.78 bits per heavy atom. The Morgan fingerprint density at radius 3 is 2.49 bits per heavy atom. The number of non-ortho nitro benzene ring substituents is 1. The molecule has 1 aliphatic rings. The molecule has 1 heterocycles. The molecule has 3 aromatic carbocycles. The van der Waals surface area contributed by atoms with E-state index >= 15 is 0 Å². The molecule has 4 rings (SSSR count). The largest absolute Gasteiger partial charge is 0.482 e. The number of carbonyl (C=O) groups is 3. The molecule has 0 spiro atoms. The van der Waals surface area contributed by atoms with Crippen LogP contribution in [0, 0.1) is 10.1 Å². The van der Waals surface area contributed by atoms with Crippen molar-refractivity contribution in [1.82, 2.24) is 0 Å². The van der Waals surface area contributed by atoms with Crippen LogP contribution in [0.3, 0.4) is 0 Å². The highest BCUT2D eigenvalue weighted by atomic mass is 35.5. The highest BCUT2D eigenvalue weighted by Crippen LogP contribution is 2.29. The number of hydrogen-bond donors (Lipinski definition) is 2. The number of ether oxygens (including phenoxy) is 2. The van der Waals surface area contributed by atoms with Crippen molar-refractivity contribution in [3.8, 4) is 5.75 Å². The molecule has 1 amide bonds. The van der Waals surface area contributed by atoms with Crippen molar-refractivity contribution in [1.29, 1.82) is 0 Å². The Balaban J connectivity index is 1.39. The fourth-order valence-electron chi connectivity index (χ4n) is 3.25. The second-order valence-electron chi connectivity index (χ2n) is 7.60. The SMILES string of the molecule is O=C1COc2ccc(C(=O)COC(=O)c3ccc(NS(=O)(=O)c4cc([N+](=O)[O-])ccc4Cl)cc3)cc2N1. The van der Waals surface area contributed by atoms with Crippen LogP contribution in [0.4, 0.5) is 17.1 Å². The molecule has 37 heavy (non-hydrogen) atoms. The summed E-state index contributed by atoms with van der Waals surface area (Å²) < 4.78 is 37.8. The molecular weight excluding hydrogens is 530 g/mol. The smallest absolute Gasteiger partial charge is 0.338 e. The van der Waals surface area contributed by atoms with E-state index in [0.29, 0.717) is 11.4 Å². The third-order valence-electron chi connectivity index (χ3n) is 5.06. The summed E-state index contributed by atoms with van der Waals surface area (Å²) >= 11 is 5.91. The van der Waals surface area contributed by atoms with Crippen LogP contribution in [0.5, 0.6) is 5.75 Å². The van der Waals surface area contributed by atoms with E-state index < -0.39 is 43.9 Å². The predicted octanol–water partition coefficient (Wildman–Crippen LogP) is 3.42. The van der Waals surface area contributed by atoms with Gasteiger partial charge in [0.15, 0.2) is 19.0 Å². The molecule has 0 unspecified atom stereocenters. The quantitative estimate of drug-likeness (QED) is 0.186. The van der Waals surface area contributed by atoms with Crippen molar-refractivity contribution in [3.63, 3.8) is 0 Å². The lowest BCUT2D eigenvalue weighted by Crippen LogP contribution is -2.25. The van der Waals surface area contributed by atoms with Crippen molar-refractivity contribution >= 4 is 56.3 Å². The van der Waals surface area contributed by atoms with Crippen molar-refractivity contribution in [2.45, 2.75) is 4.90 Å². The van der Waals surface area contributed by atoms with E-state index in [1.807, 2.05) is 0 Å². The number of halogens is 1. The maximum Gasteiger partial charge on any atom is 0.338 e. The fourth-order valence-corrected chi connectivity index (χ4v) is 4.83. The normalized spacial score (nSPS) is 12.5. The third kappa shape index (κ3) is 5.85. The molecule has 0 fully saturated rings. The summed E-state index contributed by atoms with van der Waals surface area (Å²) in [6.07, 6.45) is 0. The first-order chi connectivity index (χ1) is 17.5. The van der Waals surface area contributed by atoms with Crippen molar-refractivity contribution in [2.75, 3.05) is 23.3 Å². The van der Waals surface area contributed by atoms with Gasteiger partial charge in [0.25, 0.3) is 21.6 Å². The van der Waals surface area contributed by atoms with Crippen LogP contribution in [0.1, 0.15) is 20.7 Å². The number of benzene rings is 3. The van der Waals surface area contributed by atoms with Gasteiger partial charge in [-0.25, -0.2) is 13.2 Å². The number of hydrogen-bond acceptors (Lipinski definition) is 9. The van der Waals surface area contributed by atoms with Gasteiger partial charge >= 0.3 is 5.97 Å². The first-order valence-corrected chi connectivity index (χ1v) is 12.2. The summed E-state index contributed by atoms with van der Waals surface area (Å²) in [4.78, 5) is 45.9. The first-order valence-electron chi connectivity index (χ1n) is 10.4. The third-order valence-corrected chi connectivity index (χ3v) is 6.92. The monoisotopic (exact) mass is 545 g/mol. The number of amides is 1. The van der Waals surface area contributed by atoms with Crippen LogP contribution < -0.4 is 14.8 Å². The lowest BCUT2D eigenvalue weighted by molar-refractivity contribution is -0.385. The molecule has 14 heteroatoms. The van der Waals surface area contributed by atoms with Gasteiger partial charge in [0.05, 0.1) is 21.2 Å². The molecule has 0 saturated heterocycles. The van der Waals surface area contributed by atoms with E-state index in [-0.39, 0.29) is 34.4 Å². The number of esters is 1. The van der Waals surface area contributed by atoms with Gasteiger partial charge < -0.3 is 14.8 Å². The van der Waals surface area contributed by atoms with Gasteiger partial charge in [-0.2, -0.15) is 0 Å². The second-order valence-corrected chi connectivity index (χ2v) is 9.66. The van der Waals surface area contributed by atoms with Gasteiger partial charge in [-0.05, 0) is 48.5 Å². The molecule has 3 aromatic rings. The summed E-state index contributed by atoms with van der Waals surface area (Å²) in [5.74, 6) is -1.30. The van der Waals surface area contributed by atoms with Gasteiger partial charge in [0, 0.05) is 23.4 Å². The minimum atomic E-state index is -4.28. The summed E-state index contributed by atoms with van der Waals surface area (Å²) in [6, 6.07) is 12.5. The van der Waals surface area contributed by atoms with Crippen LogP contribution in [0.15, 0.2) is 65.6 Å². The van der Waals surface area contributed by atoms with Crippen LogP contribution >= 0.6 is 11.6 Å². The zero-order valence-corrected chi connectivity index (χ0v) is 20.2. The van der Waals surface area contributed by atoms with E-state index in [2.05, 4.69) is 10.0 Å². The van der Waals surface area contributed by atoms with Crippen molar-refractivity contribution in [3.05, 3.63) is 86.9 Å². The van der Waals surface area contributed by atoms with Crippen LogP contribution in [0.2, 0.25) is 5.02 Å². The number of nitro benzene ring substituents is 1. The summed E-state index contributed by atoms with van der Waals surface area (Å²) in [5, 5.41) is 13.3. The standard InChI is InChI=1S/C23H16ClN3O9S/c24-17-7-6-16(27(31)32)10-21(17)37(33,34)26-15-4-1-13(2-5-15)23(30)36-11-19(28)14-3-8-20-18(9-14)25-22(29)12-35-20/h1-10,26H,11-12H2,(H,25,29). The van der Waals surface area contributed by atoms with Crippen LogP contribution in [-0.2, 0) is 19.6 Å². The number of anilines is 2. The first kappa shape index (κ1) is 25.6. The summed E-state index contributed by atoms with van der Waals surface area (Å²) in [6.45, 7) is -0.702. The van der Waals surface area contributed by atoms with Gasteiger partial charge in [0.2, 0.25) is 0 Å². The molecule has 0 atom stereocenters. The molecule has 2 N–H and O–H groups in total. The average Bonchev–Trinajstić information content (AvgIpc) is 2.86. The molecule has 0 bridgehead atoms. The van der Waals surface area contributed by atoms with E-state index in [1.165, 1.54) is 42.5 Å². The van der Waals surface area contributed by atoms with E-state index in [1.54, 1.807) is 0 Å². The van der Waals surface area contributed by atoms with Gasteiger partial charge in [-0.3, -0.25) is 24.4 Å². The van der Waals surface area contributed by atoms with E-state index in [9.17, 15) is 32.9 Å². The zero-order chi connectivity index (χ0) is 26.7. The molecule has 0 aliphatic carbocycles. The number of Topliss-reactive ketones (excluding diaryl/α,β-unsaturated/α-hetero) is 1. The van der Waals surface area contributed by atoms with Crippen LogP contribution in [0.25, 0.3) is 0 Å². The van der Waals surface area contributed by atoms with Gasteiger partial charge in [-0.1, -0.05) is 11.6 Å². The number of nitrogens with zero attached hydrogens (tertiary/aromatic N) is 1. The number of fused-ring (bicyclic) bond motifs is 1. The average molecular weight is 546 g/mol. The molecule has 0 saturated carbocycles. The molecule has 0 radical (unpaired) electrons. The maximum absolute atomic E-state index is 12.7. The number of nitrogens with one attached hydrogen (secondary N) is 2. The number of nitro groups is 1. The number of sulfonamides is 1. The van der Waals surface area contributed by atoms with Crippen molar-refractivity contribution < 1.29 is 37.2 Å². The Labute approximate surface area is 214 Å². The highest BCUT2D eigenvalue weighted by Gasteiger charge is 2.22. The number of carbonyl (C=O) groups excluding carboxylic acids is 3. The van der Waals surface area contributed by atoms with E-state index in [0.717, 1.165) is 18.2 Å².